The molecule has 0 unspecified atom stereocenters. The van der Waals surface area contributed by atoms with Crippen molar-refractivity contribution in [2.24, 2.45) is 0 Å². The van der Waals surface area contributed by atoms with Crippen molar-refractivity contribution in [2.75, 3.05) is 38.1 Å². The Labute approximate surface area is 179 Å². The molecule has 2 aromatic carbocycles. The van der Waals surface area contributed by atoms with Gasteiger partial charge in [-0.15, -0.1) is 16.4 Å². The van der Waals surface area contributed by atoms with Crippen LogP contribution in [0.25, 0.3) is 32.5 Å². The lowest BCUT2D eigenvalue weighted by Gasteiger charge is -2.30. The van der Waals surface area contributed by atoms with Gasteiger partial charge in [0.1, 0.15) is 9.88 Å². The van der Waals surface area contributed by atoms with Crippen LogP contribution in [-0.2, 0) is 0 Å². The number of anilines is 1. The minimum Gasteiger partial charge on any atom is -0.402 e. The third kappa shape index (κ3) is 3.74. The topological polar surface area (TPSA) is 58.3 Å². The SMILES string of the molecule is Cc1nc(-c2ccc(-c3ccccc3)cc2)sc1-c1nnc(N2CCN(C)CC2)o1. The highest BCUT2D eigenvalue weighted by molar-refractivity contribution is 7.18. The van der Waals surface area contributed by atoms with Gasteiger partial charge >= 0.3 is 6.01 Å². The van der Waals surface area contributed by atoms with Gasteiger partial charge in [0.25, 0.3) is 5.89 Å². The molecule has 1 aliphatic heterocycles. The molecule has 0 spiro atoms. The summed E-state index contributed by atoms with van der Waals surface area (Å²) in [5.74, 6) is 0.547. The fourth-order valence-electron chi connectivity index (χ4n) is 3.59. The number of thiazole rings is 1. The molecule has 0 aliphatic carbocycles. The van der Waals surface area contributed by atoms with Gasteiger partial charge in [0, 0.05) is 31.7 Å². The lowest BCUT2D eigenvalue weighted by Crippen LogP contribution is -2.44. The highest BCUT2D eigenvalue weighted by atomic mass is 32.1. The lowest BCUT2D eigenvalue weighted by atomic mass is 10.0. The molecular formula is C23H23N5OS. The molecule has 0 saturated carbocycles. The molecule has 1 fully saturated rings. The van der Waals surface area contributed by atoms with Gasteiger partial charge in [-0.25, -0.2) is 4.98 Å². The fourth-order valence-corrected chi connectivity index (χ4v) is 4.58. The number of aryl methyl sites for hydroxylation is 1. The maximum absolute atomic E-state index is 6.01. The Morgan fingerprint density at radius 3 is 2.23 bits per heavy atom. The first-order valence-corrected chi connectivity index (χ1v) is 10.9. The Bertz CT molecular complexity index is 1130. The number of likely N-dealkylation sites (N-methyl/N-ethyl adjacent to an activating group) is 1. The molecule has 3 heterocycles. The molecule has 5 rings (SSSR count). The number of piperazine rings is 1. The van der Waals surface area contributed by atoms with Crippen molar-refractivity contribution in [1.82, 2.24) is 20.1 Å². The van der Waals surface area contributed by atoms with E-state index in [1.807, 2.05) is 13.0 Å². The van der Waals surface area contributed by atoms with Crippen LogP contribution >= 0.6 is 11.3 Å². The molecule has 0 radical (unpaired) electrons. The first kappa shape index (κ1) is 19.0. The van der Waals surface area contributed by atoms with Crippen LogP contribution in [0.3, 0.4) is 0 Å². The molecular weight excluding hydrogens is 394 g/mol. The summed E-state index contributed by atoms with van der Waals surface area (Å²) in [5.41, 5.74) is 4.41. The van der Waals surface area contributed by atoms with Gasteiger partial charge in [0.2, 0.25) is 0 Å². The van der Waals surface area contributed by atoms with Crippen LogP contribution < -0.4 is 4.90 Å². The molecule has 6 nitrogen and oxygen atoms in total. The molecule has 1 aliphatic rings. The number of nitrogens with zero attached hydrogens (tertiary/aromatic N) is 5. The second-order valence-corrected chi connectivity index (χ2v) is 8.56. The molecule has 7 heteroatoms. The number of aromatic nitrogens is 3. The minimum atomic E-state index is 0.547. The summed E-state index contributed by atoms with van der Waals surface area (Å²) in [4.78, 5) is 10.1. The molecule has 1 saturated heterocycles. The van der Waals surface area contributed by atoms with E-state index in [1.165, 1.54) is 11.1 Å². The first-order valence-electron chi connectivity index (χ1n) is 10.1. The largest absolute Gasteiger partial charge is 0.402 e. The summed E-state index contributed by atoms with van der Waals surface area (Å²) in [6.07, 6.45) is 0. The summed E-state index contributed by atoms with van der Waals surface area (Å²) >= 11 is 1.59. The van der Waals surface area contributed by atoms with Crippen LogP contribution in [0, 0.1) is 6.92 Å². The van der Waals surface area contributed by atoms with Crippen LogP contribution in [0.15, 0.2) is 59.0 Å². The van der Waals surface area contributed by atoms with E-state index in [2.05, 4.69) is 75.6 Å². The highest BCUT2D eigenvalue weighted by Crippen LogP contribution is 2.36. The van der Waals surface area contributed by atoms with Gasteiger partial charge in [-0.2, -0.15) is 0 Å². The van der Waals surface area contributed by atoms with Gasteiger partial charge in [-0.05, 0) is 25.1 Å². The van der Waals surface area contributed by atoms with Crippen molar-refractivity contribution in [3.63, 3.8) is 0 Å². The number of hydrogen-bond donors (Lipinski definition) is 0. The zero-order chi connectivity index (χ0) is 20.5. The molecule has 2 aromatic heterocycles. The quantitative estimate of drug-likeness (QED) is 0.484. The van der Waals surface area contributed by atoms with Gasteiger partial charge in [0.15, 0.2) is 0 Å². The van der Waals surface area contributed by atoms with Crippen LogP contribution in [0.5, 0.6) is 0 Å². The van der Waals surface area contributed by atoms with Gasteiger partial charge in [0.05, 0.1) is 5.69 Å². The molecule has 0 atom stereocenters. The third-order valence-electron chi connectivity index (χ3n) is 5.42. The number of benzene rings is 2. The first-order chi connectivity index (χ1) is 14.7. The van der Waals surface area contributed by atoms with E-state index in [0.29, 0.717) is 11.9 Å². The van der Waals surface area contributed by atoms with Crippen molar-refractivity contribution in [3.8, 4) is 32.5 Å². The normalized spacial score (nSPS) is 14.9. The Balaban J connectivity index is 1.38. The van der Waals surface area contributed by atoms with E-state index in [4.69, 9.17) is 9.40 Å². The molecule has 0 N–H and O–H groups in total. The van der Waals surface area contributed by atoms with Crippen molar-refractivity contribution in [2.45, 2.75) is 6.92 Å². The Morgan fingerprint density at radius 1 is 0.833 bits per heavy atom. The maximum atomic E-state index is 6.01. The predicted octanol–water partition coefficient (Wildman–Crippen LogP) is 4.59. The average Bonchev–Trinajstić information content (AvgIpc) is 3.42. The maximum Gasteiger partial charge on any atom is 0.318 e. The van der Waals surface area contributed by atoms with Gasteiger partial charge in [-0.1, -0.05) is 59.7 Å². The van der Waals surface area contributed by atoms with E-state index in [0.717, 1.165) is 47.3 Å². The zero-order valence-electron chi connectivity index (χ0n) is 17.1. The zero-order valence-corrected chi connectivity index (χ0v) is 17.9. The monoisotopic (exact) mass is 417 g/mol. The van der Waals surface area contributed by atoms with Crippen molar-refractivity contribution < 1.29 is 4.42 Å². The van der Waals surface area contributed by atoms with E-state index in [1.54, 1.807) is 11.3 Å². The number of hydrogen-bond acceptors (Lipinski definition) is 7. The second-order valence-electron chi connectivity index (χ2n) is 7.56. The third-order valence-corrected chi connectivity index (χ3v) is 6.61. The smallest absolute Gasteiger partial charge is 0.318 e. The van der Waals surface area contributed by atoms with Gasteiger partial charge < -0.3 is 14.2 Å². The summed E-state index contributed by atoms with van der Waals surface area (Å²) < 4.78 is 6.01. The van der Waals surface area contributed by atoms with E-state index >= 15 is 0 Å². The van der Waals surface area contributed by atoms with Crippen LogP contribution in [-0.4, -0.2) is 53.3 Å². The summed E-state index contributed by atoms with van der Waals surface area (Å²) in [5, 5.41) is 9.54. The highest BCUT2D eigenvalue weighted by Gasteiger charge is 2.22. The molecule has 30 heavy (non-hydrogen) atoms. The Morgan fingerprint density at radius 2 is 1.50 bits per heavy atom. The molecule has 152 valence electrons. The Kier molecular flexibility index (Phi) is 5.06. The van der Waals surface area contributed by atoms with E-state index in [-0.39, 0.29) is 0 Å². The number of rotatable bonds is 4. The van der Waals surface area contributed by atoms with Gasteiger partial charge in [-0.3, -0.25) is 0 Å². The molecule has 4 aromatic rings. The predicted molar refractivity (Wildman–Crippen MR) is 121 cm³/mol. The fraction of sp³-hybridized carbons (Fsp3) is 0.261. The summed E-state index contributed by atoms with van der Waals surface area (Å²) in [7, 11) is 2.13. The average molecular weight is 418 g/mol. The second kappa shape index (κ2) is 8.01. The molecule has 0 amide bonds. The van der Waals surface area contributed by atoms with E-state index < -0.39 is 0 Å². The summed E-state index contributed by atoms with van der Waals surface area (Å²) in [6, 6.07) is 19.5. The summed E-state index contributed by atoms with van der Waals surface area (Å²) in [6.45, 7) is 5.80. The van der Waals surface area contributed by atoms with Crippen LogP contribution in [0.1, 0.15) is 5.69 Å². The van der Waals surface area contributed by atoms with E-state index in [9.17, 15) is 0 Å². The minimum absolute atomic E-state index is 0.547. The standard InChI is InChI=1S/C23H23N5OS/c1-16-20(21-25-26-23(29-21)28-14-12-27(2)13-15-28)30-22(24-16)19-10-8-18(9-11-19)17-6-4-3-5-7-17/h3-11H,12-15H2,1-2H3. The van der Waals surface area contributed by atoms with Crippen molar-refractivity contribution >= 4 is 17.4 Å². The van der Waals surface area contributed by atoms with Crippen molar-refractivity contribution in [1.29, 1.82) is 0 Å². The van der Waals surface area contributed by atoms with Crippen molar-refractivity contribution in [3.05, 3.63) is 60.3 Å². The van der Waals surface area contributed by atoms with Crippen LogP contribution in [0.2, 0.25) is 0 Å². The molecule has 0 bridgehead atoms. The Hall–Kier alpha value is -3.03. The van der Waals surface area contributed by atoms with Crippen LogP contribution in [0.4, 0.5) is 6.01 Å². The lowest BCUT2D eigenvalue weighted by molar-refractivity contribution is 0.305.